The topological polar surface area (TPSA) is 89.0 Å². The first-order valence-corrected chi connectivity index (χ1v) is 11.2. The molecule has 0 aromatic carbocycles. The number of carbonyl (C=O) groups is 1. The van der Waals surface area contributed by atoms with Crippen LogP contribution < -0.4 is 4.90 Å². The lowest BCUT2D eigenvalue weighted by atomic mass is 10.0. The molecule has 1 aromatic rings. The van der Waals surface area contributed by atoms with Crippen LogP contribution in [0.4, 0.5) is 5.82 Å². The smallest absolute Gasteiger partial charge is 0.254 e. The molecule has 0 aliphatic carbocycles. The van der Waals surface area contributed by atoms with E-state index in [9.17, 15) is 13.2 Å². The van der Waals surface area contributed by atoms with Gasteiger partial charge in [0, 0.05) is 50.8 Å². The highest BCUT2D eigenvalue weighted by Gasteiger charge is 2.40. The number of anilines is 1. The summed E-state index contributed by atoms with van der Waals surface area (Å²) in [5.41, 5.74) is 0.528. The Labute approximate surface area is 159 Å². The Bertz CT molecular complexity index is 812. The number of pyridine rings is 1. The molecular formula is C18H25N3O5S. The zero-order valence-electron chi connectivity index (χ0n) is 15.5. The van der Waals surface area contributed by atoms with Crippen LogP contribution in [0.25, 0.3) is 0 Å². The lowest BCUT2D eigenvalue weighted by molar-refractivity contribution is -0.169. The lowest BCUT2D eigenvalue weighted by Gasteiger charge is -2.38. The fourth-order valence-corrected chi connectivity index (χ4v) is 5.81. The van der Waals surface area contributed by atoms with Crippen molar-refractivity contribution in [2.75, 3.05) is 49.8 Å². The molecule has 9 heteroatoms. The summed E-state index contributed by atoms with van der Waals surface area (Å²) in [6, 6.07) is 3.21. The Kier molecular flexibility index (Phi) is 4.85. The summed E-state index contributed by atoms with van der Waals surface area (Å²) < 4.78 is 34.9. The van der Waals surface area contributed by atoms with Gasteiger partial charge < -0.3 is 19.3 Å². The minimum Gasteiger partial charge on any atom is -0.356 e. The maximum Gasteiger partial charge on any atom is 0.254 e. The summed E-state index contributed by atoms with van der Waals surface area (Å²) in [6.45, 7) is 2.79. The van der Waals surface area contributed by atoms with E-state index in [1.165, 1.54) is 0 Å². The van der Waals surface area contributed by atoms with Gasteiger partial charge in [-0.1, -0.05) is 0 Å². The first-order chi connectivity index (χ1) is 12.9. The SMILES string of the molecule is CN(C(=O)c1ccnc(N2CCC3(CC2)OCCO3)c1)C1CCS(=O)(=O)C1. The first-order valence-electron chi connectivity index (χ1n) is 9.34. The number of nitrogens with zero attached hydrogens (tertiary/aromatic N) is 3. The number of hydrogen-bond donors (Lipinski definition) is 0. The fraction of sp³-hybridized carbons (Fsp3) is 0.667. The van der Waals surface area contributed by atoms with Crippen molar-refractivity contribution in [1.29, 1.82) is 0 Å². The van der Waals surface area contributed by atoms with E-state index in [-0.39, 0.29) is 23.5 Å². The molecule has 1 spiro atoms. The molecule has 0 N–H and O–H groups in total. The Balaban J connectivity index is 1.44. The van der Waals surface area contributed by atoms with Crippen LogP contribution in [0.1, 0.15) is 29.6 Å². The monoisotopic (exact) mass is 395 g/mol. The number of piperidine rings is 1. The molecule has 0 bridgehead atoms. The second-order valence-corrected chi connectivity index (χ2v) is 9.70. The molecule has 1 unspecified atom stereocenters. The van der Waals surface area contributed by atoms with E-state index in [4.69, 9.17) is 9.47 Å². The van der Waals surface area contributed by atoms with E-state index in [0.717, 1.165) is 31.7 Å². The molecule has 1 atom stereocenters. The molecule has 1 aromatic heterocycles. The third-order valence-electron chi connectivity index (χ3n) is 5.73. The number of sulfone groups is 1. The van der Waals surface area contributed by atoms with Gasteiger partial charge in [-0.05, 0) is 18.6 Å². The first kappa shape index (κ1) is 18.6. The van der Waals surface area contributed by atoms with Crippen LogP contribution in [-0.4, -0.2) is 80.9 Å². The summed E-state index contributed by atoms with van der Waals surface area (Å²) in [4.78, 5) is 20.9. The van der Waals surface area contributed by atoms with Crippen LogP contribution in [0.5, 0.6) is 0 Å². The Hall–Kier alpha value is -1.71. The number of hydrogen-bond acceptors (Lipinski definition) is 7. The van der Waals surface area contributed by atoms with Crippen molar-refractivity contribution in [3.63, 3.8) is 0 Å². The maximum atomic E-state index is 12.8. The standard InChI is InChI=1S/C18H25N3O5S/c1-20(15-3-11-27(23,24)13-15)17(22)14-2-6-19-16(12-14)21-7-4-18(5-8-21)25-9-10-26-18/h2,6,12,15H,3-5,7-11,13H2,1H3. The van der Waals surface area contributed by atoms with E-state index in [1.807, 2.05) is 0 Å². The molecule has 4 heterocycles. The van der Waals surface area contributed by atoms with Crippen LogP contribution in [0.3, 0.4) is 0 Å². The number of ether oxygens (including phenoxy) is 2. The Morgan fingerprint density at radius 1 is 1.30 bits per heavy atom. The van der Waals surface area contributed by atoms with Crippen molar-refractivity contribution in [2.45, 2.75) is 31.1 Å². The largest absolute Gasteiger partial charge is 0.356 e. The van der Waals surface area contributed by atoms with E-state index >= 15 is 0 Å². The van der Waals surface area contributed by atoms with Gasteiger partial charge in [-0.2, -0.15) is 0 Å². The third-order valence-corrected chi connectivity index (χ3v) is 7.48. The summed E-state index contributed by atoms with van der Waals surface area (Å²) in [7, 11) is -1.36. The van der Waals surface area contributed by atoms with E-state index in [2.05, 4.69) is 9.88 Å². The van der Waals surface area contributed by atoms with E-state index in [1.54, 1.807) is 30.3 Å². The predicted molar refractivity (Wildman–Crippen MR) is 99.5 cm³/mol. The molecule has 0 saturated carbocycles. The minimum atomic E-state index is -3.03. The minimum absolute atomic E-state index is 0.0430. The summed E-state index contributed by atoms with van der Waals surface area (Å²) >= 11 is 0. The van der Waals surface area contributed by atoms with Crippen molar-refractivity contribution in [3.05, 3.63) is 23.9 Å². The molecule has 3 fully saturated rings. The normalized spacial score (nSPS) is 26.4. The molecular weight excluding hydrogens is 370 g/mol. The van der Waals surface area contributed by atoms with Gasteiger partial charge in [0.15, 0.2) is 15.6 Å². The molecule has 0 radical (unpaired) electrons. The van der Waals surface area contributed by atoms with Gasteiger partial charge in [0.2, 0.25) is 0 Å². The van der Waals surface area contributed by atoms with Gasteiger partial charge in [-0.15, -0.1) is 0 Å². The van der Waals surface area contributed by atoms with Crippen molar-refractivity contribution in [3.8, 4) is 0 Å². The quantitative estimate of drug-likeness (QED) is 0.744. The molecule has 148 valence electrons. The van der Waals surface area contributed by atoms with Crippen molar-refractivity contribution < 1.29 is 22.7 Å². The van der Waals surface area contributed by atoms with Crippen molar-refractivity contribution >= 4 is 21.6 Å². The van der Waals surface area contributed by atoms with Gasteiger partial charge in [-0.3, -0.25) is 4.79 Å². The van der Waals surface area contributed by atoms with Gasteiger partial charge in [-0.25, -0.2) is 13.4 Å². The lowest BCUT2D eigenvalue weighted by Crippen LogP contribution is -2.45. The van der Waals surface area contributed by atoms with Gasteiger partial charge in [0.1, 0.15) is 5.82 Å². The molecule has 27 heavy (non-hydrogen) atoms. The Morgan fingerprint density at radius 2 is 2.00 bits per heavy atom. The maximum absolute atomic E-state index is 12.8. The second kappa shape index (κ2) is 7.03. The molecule has 3 saturated heterocycles. The zero-order chi connectivity index (χ0) is 19.1. The number of amides is 1. The zero-order valence-corrected chi connectivity index (χ0v) is 16.3. The summed E-state index contributed by atoms with van der Waals surface area (Å²) in [5, 5.41) is 0. The van der Waals surface area contributed by atoms with Crippen LogP contribution in [0, 0.1) is 0 Å². The third kappa shape index (κ3) is 3.81. The molecule has 8 nitrogen and oxygen atoms in total. The predicted octanol–water partition coefficient (Wildman–Crippen LogP) is 0.684. The summed E-state index contributed by atoms with van der Waals surface area (Å²) in [5.74, 6) is 0.327. The van der Waals surface area contributed by atoms with E-state index < -0.39 is 15.6 Å². The van der Waals surface area contributed by atoms with Gasteiger partial charge >= 0.3 is 0 Å². The molecule has 4 rings (SSSR count). The molecule has 1 amide bonds. The highest BCUT2D eigenvalue weighted by molar-refractivity contribution is 7.91. The van der Waals surface area contributed by atoms with Gasteiger partial charge in [0.05, 0.1) is 24.7 Å². The average Bonchev–Trinajstić information content (AvgIpc) is 3.27. The van der Waals surface area contributed by atoms with Crippen LogP contribution in [0.2, 0.25) is 0 Å². The Morgan fingerprint density at radius 3 is 2.63 bits per heavy atom. The summed E-state index contributed by atoms with van der Waals surface area (Å²) in [6.07, 6.45) is 3.67. The fourth-order valence-electron chi connectivity index (χ4n) is 4.04. The molecule has 3 aliphatic rings. The highest BCUT2D eigenvalue weighted by Crippen LogP contribution is 2.33. The van der Waals surface area contributed by atoms with Crippen molar-refractivity contribution in [1.82, 2.24) is 9.88 Å². The van der Waals surface area contributed by atoms with Crippen LogP contribution in [0.15, 0.2) is 18.3 Å². The second-order valence-electron chi connectivity index (χ2n) is 7.47. The number of carbonyl (C=O) groups excluding carboxylic acids is 1. The van der Waals surface area contributed by atoms with Gasteiger partial charge in [0.25, 0.3) is 5.91 Å². The highest BCUT2D eigenvalue weighted by atomic mass is 32.2. The number of rotatable bonds is 3. The van der Waals surface area contributed by atoms with Crippen LogP contribution in [-0.2, 0) is 19.3 Å². The number of aromatic nitrogens is 1. The van der Waals surface area contributed by atoms with E-state index in [0.29, 0.717) is 25.2 Å². The van der Waals surface area contributed by atoms with Crippen LogP contribution >= 0.6 is 0 Å². The van der Waals surface area contributed by atoms with Crippen molar-refractivity contribution in [2.24, 2.45) is 0 Å². The average molecular weight is 395 g/mol. The molecule has 3 aliphatic heterocycles.